The van der Waals surface area contributed by atoms with Crippen LogP contribution >= 0.6 is 15.9 Å². The summed E-state index contributed by atoms with van der Waals surface area (Å²) in [5.41, 5.74) is -0.240. The number of rotatable bonds is 3. The van der Waals surface area contributed by atoms with Crippen LogP contribution in [-0.4, -0.2) is 15.7 Å². The highest BCUT2D eigenvalue weighted by Gasteiger charge is 2.19. The molecule has 1 amide bonds. The van der Waals surface area contributed by atoms with E-state index in [-0.39, 0.29) is 10.5 Å². The Morgan fingerprint density at radius 3 is 2.45 bits per heavy atom. The molecule has 0 saturated carbocycles. The molecular formula is C13H12BrF2N3O. The molecule has 0 unspecified atom stereocenters. The first kappa shape index (κ1) is 14.6. The molecule has 0 radical (unpaired) electrons. The van der Waals surface area contributed by atoms with Crippen molar-refractivity contribution in [3.8, 4) is 0 Å². The summed E-state index contributed by atoms with van der Waals surface area (Å²) in [6.07, 6.45) is 3.02. The molecule has 0 aliphatic rings. The van der Waals surface area contributed by atoms with Crippen molar-refractivity contribution in [1.29, 1.82) is 0 Å². The minimum atomic E-state index is -0.925. The fourth-order valence-electron chi connectivity index (χ4n) is 1.64. The number of anilines is 1. The molecule has 20 heavy (non-hydrogen) atoms. The van der Waals surface area contributed by atoms with Gasteiger partial charge in [0.25, 0.3) is 5.91 Å². The largest absolute Gasteiger partial charge is 0.319 e. The molecule has 1 N–H and O–H groups in total. The maximum absolute atomic E-state index is 13.6. The van der Waals surface area contributed by atoms with Gasteiger partial charge in [0, 0.05) is 16.7 Å². The minimum Gasteiger partial charge on any atom is -0.319 e. The first-order valence-electron chi connectivity index (χ1n) is 5.88. The predicted octanol–water partition coefficient (Wildman–Crippen LogP) is 3.76. The molecule has 0 fully saturated rings. The average Bonchev–Trinajstić information content (AvgIpc) is 2.75. The number of halogens is 3. The van der Waals surface area contributed by atoms with Crippen LogP contribution in [0.5, 0.6) is 0 Å². The van der Waals surface area contributed by atoms with E-state index in [9.17, 15) is 13.6 Å². The molecule has 0 bridgehead atoms. The van der Waals surface area contributed by atoms with Gasteiger partial charge in [-0.3, -0.25) is 9.48 Å². The first-order valence-corrected chi connectivity index (χ1v) is 6.68. The zero-order valence-electron chi connectivity index (χ0n) is 10.8. The Morgan fingerprint density at radius 2 is 1.95 bits per heavy atom. The highest BCUT2D eigenvalue weighted by molar-refractivity contribution is 9.10. The lowest BCUT2D eigenvalue weighted by molar-refractivity contribution is 0.101. The molecule has 1 aromatic heterocycles. The predicted molar refractivity (Wildman–Crippen MR) is 74.6 cm³/mol. The Bertz CT molecular complexity index is 632. The Balaban J connectivity index is 2.24. The molecule has 0 atom stereocenters. The van der Waals surface area contributed by atoms with Crippen LogP contribution < -0.4 is 5.32 Å². The van der Waals surface area contributed by atoms with E-state index in [1.165, 1.54) is 6.20 Å². The monoisotopic (exact) mass is 343 g/mol. The van der Waals surface area contributed by atoms with Crippen molar-refractivity contribution in [2.45, 2.75) is 19.9 Å². The number of hydrogen-bond donors (Lipinski definition) is 1. The second-order valence-electron chi connectivity index (χ2n) is 4.50. The van der Waals surface area contributed by atoms with E-state index < -0.39 is 23.1 Å². The zero-order chi connectivity index (χ0) is 14.9. The van der Waals surface area contributed by atoms with Crippen LogP contribution in [0, 0.1) is 11.6 Å². The fraction of sp³-hybridized carbons (Fsp3) is 0.231. The van der Waals surface area contributed by atoms with Crippen LogP contribution in [0.2, 0.25) is 0 Å². The topological polar surface area (TPSA) is 46.9 Å². The maximum atomic E-state index is 13.6. The highest BCUT2D eigenvalue weighted by Crippen LogP contribution is 2.21. The summed E-state index contributed by atoms with van der Waals surface area (Å²) in [4.78, 5) is 11.9. The lowest BCUT2D eigenvalue weighted by atomic mass is 10.2. The van der Waals surface area contributed by atoms with Crippen molar-refractivity contribution in [2.75, 3.05) is 5.32 Å². The van der Waals surface area contributed by atoms with Gasteiger partial charge in [-0.1, -0.05) is 15.9 Å². The maximum Gasteiger partial charge on any atom is 0.261 e. The summed E-state index contributed by atoms with van der Waals surface area (Å²) < 4.78 is 29.2. The van der Waals surface area contributed by atoms with E-state index in [2.05, 4.69) is 26.3 Å². The number of aromatic nitrogens is 2. The van der Waals surface area contributed by atoms with Gasteiger partial charge in [-0.05, 0) is 26.0 Å². The van der Waals surface area contributed by atoms with Gasteiger partial charge in [-0.25, -0.2) is 8.78 Å². The van der Waals surface area contributed by atoms with Gasteiger partial charge in [0.2, 0.25) is 0 Å². The number of amides is 1. The number of hydrogen-bond acceptors (Lipinski definition) is 2. The van der Waals surface area contributed by atoms with Crippen LogP contribution in [0.3, 0.4) is 0 Å². The number of benzene rings is 1. The molecule has 4 nitrogen and oxygen atoms in total. The Labute approximate surface area is 122 Å². The molecule has 1 aromatic carbocycles. The van der Waals surface area contributed by atoms with Gasteiger partial charge >= 0.3 is 0 Å². The van der Waals surface area contributed by atoms with E-state index in [0.717, 1.165) is 12.1 Å². The molecule has 0 aliphatic carbocycles. The Morgan fingerprint density at radius 1 is 1.35 bits per heavy atom. The van der Waals surface area contributed by atoms with Crippen molar-refractivity contribution in [2.24, 2.45) is 0 Å². The van der Waals surface area contributed by atoms with Crippen LogP contribution in [0.1, 0.15) is 30.2 Å². The molecular weight excluding hydrogens is 332 g/mol. The lowest BCUT2D eigenvalue weighted by Gasteiger charge is -2.06. The molecule has 2 rings (SSSR count). The molecule has 7 heteroatoms. The number of carbonyl (C=O) groups excluding carboxylic acids is 1. The molecule has 2 aromatic rings. The first-order chi connectivity index (χ1) is 9.38. The van der Waals surface area contributed by atoms with Crippen molar-refractivity contribution >= 4 is 27.5 Å². The quantitative estimate of drug-likeness (QED) is 0.922. The van der Waals surface area contributed by atoms with Gasteiger partial charge < -0.3 is 5.32 Å². The molecule has 1 heterocycles. The van der Waals surface area contributed by atoms with Gasteiger partial charge in [0.1, 0.15) is 17.2 Å². The van der Waals surface area contributed by atoms with E-state index in [0.29, 0.717) is 5.69 Å². The van der Waals surface area contributed by atoms with Crippen molar-refractivity contribution < 1.29 is 13.6 Å². The standard InChI is InChI=1S/C13H12BrF2N3O/c1-7(2)19-6-9(5-17-19)18-13(20)12-10(15)3-8(14)4-11(12)16/h3-7H,1-2H3,(H,18,20). The fourth-order valence-corrected chi connectivity index (χ4v) is 2.04. The molecule has 0 saturated heterocycles. The number of carbonyl (C=O) groups is 1. The van der Waals surface area contributed by atoms with Crippen LogP contribution in [0.15, 0.2) is 29.0 Å². The SMILES string of the molecule is CC(C)n1cc(NC(=O)c2c(F)cc(Br)cc2F)cn1. The van der Waals surface area contributed by atoms with Gasteiger partial charge in [-0.2, -0.15) is 5.10 Å². The number of nitrogens with zero attached hydrogens (tertiary/aromatic N) is 2. The number of nitrogens with one attached hydrogen (secondary N) is 1. The molecule has 106 valence electrons. The summed E-state index contributed by atoms with van der Waals surface area (Å²) in [6, 6.07) is 2.20. The van der Waals surface area contributed by atoms with E-state index in [4.69, 9.17) is 0 Å². The molecule has 0 spiro atoms. The molecule has 0 aliphatic heterocycles. The Kier molecular flexibility index (Phi) is 4.17. The van der Waals surface area contributed by atoms with Gasteiger partial charge in [-0.15, -0.1) is 0 Å². The van der Waals surface area contributed by atoms with Crippen molar-refractivity contribution in [1.82, 2.24) is 9.78 Å². The second kappa shape index (κ2) is 5.70. The highest BCUT2D eigenvalue weighted by atomic mass is 79.9. The summed E-state index contributed by atoms with van der Waals surface area (Å²) >= 11 is 2.96. The second-order valence-corrected chi connectivity index (χ2v) is 5.42. The smallest absolute Gasteiger partial charge is 0.261 e. The summed E-state index contributed by atoms with van der Waals surface area (Å²) in [5, 5.41) is 6.45. The zero-order valence-corrected chi connectivity index (χ0v) is 12.4. The van der Waals surface area contributed by atoms with Crippen LogP contribution in [0.25, 0.3) is 0 Å². The van der Waals surface area contributed by atoms with Gasteiger partial charge in [0.15, 0.2) is 0 Å². The summed E-state index contributed by atoms with van der Waals surface area (Å²) in [5.74, 6) is -2.70. The van der Waals surface area contributed by atoms with E-state index in [1.807, 2.05) is 13.8 Å². The minimum absolute atomic E-state index is 0.127. The normalized spacial score (nSPS) is 10.9. The van der Waals surface area contributed by atoms with Gasteiger partial charge in [0.05, 0.1) is 11.9 Å². The summed E-state index contributed by atoms with van der Waals surface area (Å²) in [6.45, 7) is 3.85. The third kappa shape index (κ3) is 3.04. The van der Waals surface area contributed by atoms with Crippen LogP contribution in [0.4, 0.5) is 14.5 Å². The van der Waals surface area contributed by atoms with E-state index >= 15 is 0 Å². The third-order valence-corrected chi connectivity index (χ3v) is 3.08. The summed E-state index contributed by atoms with van der Waals surface area (Å²) in [7, 11) is 0. The van der Waals surface area contributed by atoms with E-state index in [1.54, 1.807) is 10.9 Å². The third-order valence-electron chi connectivity index (χ3n) is 2.62. The van der Waals surface area contributed by atoms with Crippen LogP contribution in [-0.2, 0) is 0 Å². The Hall–Kier alpha value is -1.76. The van der Waals surface area contributed by atoms with Crippen molar-refractivity contribution in [3.63, 3.8) is 0 Å². The van der Waals surface area contributed by atoms with Crippen molar-refractivity contribution in [3.05, 3.63) is 46.2 Å². The lowest BCUT2D eigenvalue weighted by Crippen LogP contribution is -2.15. The average molecular weight is 344 g/mol.